The van der Waals surface area contributed by atoms with E-state index in [-0.39, 0.29) is 5.91 Å². The molecule has 1 aromatic heterocycles. The predicted octanol–water partition coefficient (Wildman–Crippen LogP) is 0.923. The maximum absolute atomic E-state index is 11.4. The highest BCUT2D eigenvalue weighted by Crippen LogP contribution is 2.38. The first-order valence-corrected chi connectivity index (χ1v) is 7.28. The Bertz CT molecular complexity index is 483. The molecule has 2 heterocycles. The van der Waals surface area contributed by atoms with Crippen molar-refractivity contribution in [2.45, 2.75) is 43.7 Å². The molecule has 1 amide bonds. The Morgan fingerprint density at radius 2 is 2.25 bits per heavy atom. The van der Waals surface area contributed by atoms with Crippen LogP contribution in [-0.2, 0) is 0 Å². The highest BCUT2D eigenvalue weighted by Gasteiger charge is 2.40. The van der Waals surface area contributed by atoms with Crippen molar-refractivity contribution < 1.29 is 4.79 Å². The first-order valence-electron chi connectivity index (χ1n) is 7.28. The van der Waals surface area contributed by atoms with Crippen molar-refractivity contribution in [1.29, 1.82) is 0 Å². The van der Waals surface area contributed by atoms with Gasteiger partial charge in [-0.1, -0.05) is 0 Å². The van der Waals surface area contributed by atoms with E-state index in [2.05, 4.69) is 26.1 Å². The fraction of sp³-hybridized carbons (Fsp3) is 0.643. The number of hydrogen-bond acceptors (Lipinski definition) is 5. The van der Waals surface area contributed by atoms with Gasteiger partial charge in [0, 0.05) is 18.6 Å². The summed E-state index contributed by atoms with van der Waals surface area (Å²) < 4.78 is 0. The van der Waals surface area contributed by atoms with Gasteiger partial charge in [-0.25, -0.2) is 0 Å². The predicted molar refractivity (Wildman–Crippen MR) is 76.7 cm³/mol. The number of anilines is 1. The lowest BCUT2D eigenvalue weighted by Crippen LogP contribution is -2.58. The third-order valence-electron chi connectivity index (χ3n) is 4.42. The average Bonchev–Trinajstić information content (AvgIpc) is 2.46. The molecule has 6 heteroatoms. The molecule has 3 rings (SSSR count). The Morgan fingerprint density at radius 1 is 1.40 bits per heavy atom. The van der Waals surface area contributed by atoms with Crippen LogP contribution in [0.1, 0.15) is 42.6 Å². The number of nitrogens with one attached hydrogen (secondary N) is 3. The van der Waals surface area contributed by atoms with Crippen molar-refractivity contribution in [3.63, 3.8) is 0 Å². The molecule has 1 saturated heterocycles. The Hall–Kier alpha value is -1.69. The molecular weight excluding hydrogens is 254 g/mol. The molecule has 108 valence electrons. The van der Waals surface area contributed by atoms with Crippen molar-refractivity contribution >= 4 is 11.7 Å². The molecule has 2 aliphatic rings. The summed E-state index contributed by atoms with van der Waals surface area (Å²) in [5.41, 5.74) is 0.713. The van der Waals surface area contributed by atoms with Gasteiger partial charge in [0.15, 0.2) is 5.69 Å². The molecule has 1 aliphatic heterocycles. The van der Waals surface area contributed by atoms with Gasteiger partial charge in [0.25, 0.3) is 5.91 Å². The Labute approximate surface area is 118 Å². The normalized spacial score (nSPS) is 23.9. The highest BCUT2D eigenvalue weighted by molar-refractivity contribution is 5.91. The van der Waals surface area contributed by atoms with E-state index >= 15 is 0 Å². The number of nitrogens with zero attached hydrogens (tertiary/aromatic N) is 2. The standard InChI is InChI=1S/C14H21N5O/c1-15-13(20)11-3-4-12(19-18-11)17-10-5-8-16-14(9-10)6-2-7-14/h3-4,10,16H,2,5-9H2,1H3,(H,15,20)(H,17,19). The van der Waals surface area contributed by atoms with Crippen molar-refractivity contribution in [3.05, 3.63) is 17.8 Å². The largest absolute Gasteiger partial charge is 0.366 e. The van der Waals surface area contributed by atoms with E-state index in [0.717, 1.165) is 25.2 Å². The van der Waals surface area contributed by atoms with Crippen LogP contribution in [0.25, 0.3) is 0 Å². The van der Waals surface area contributed by atoms with Crippen molar-refractivity contribution in [3.8, 4) is 0 Å². The summed E-state index contributed by atoms with van der Waals surface area (Å²) in [6.45, 7) is 1.06. The number of hydrogen-bond donors (Lipinski definition) is 3. The zero-order chi connectivity index (χ0) is 14.0. The van der Waals surface area contributed by atoms with Crippen LogP contribution < -0.4 is 16.0 Å². The Kier molecular flexibility index (Phi) is 3.56. The van der Waals surface area contributed by atoms with E-state index in [9.17, 15) is 4.79 Å². The lowest BCUT2D eigenvalue weighted by molar-refractivity contribution is 0.0957. The quantitative estimate of drug-likeness (QED) is 0.764. The van der Waals surface area contributed by atoms with Gasteiger partial charge in [-0.15, -0.1) is 10.2 Å². The third-order valence-corrected chi connectivity index (χ3v) is 4.42. The maximum Gasteiger partial charge on any atom is 0.271 e. The summed E-state index contributed by atoms with van der Waals surface area (Å²) in [6.07, 6.45) is 6.14. The molecule has 1 spiro atoms. The lowest BCUT2D eigenvalue weighted by atomic mass is 9.70. The van der Waals surface area contributed by atoms with Crippen LogP contribution in [0.4, 0.5) is 5.82 Å². The number of carbonyl (C=O) groups is 1. The summed E-state index contributed by atoms with van der Waals surface area (Å²) in [5.74, 6) is 0.540. The topological polar surface area (TPSA) is 78.9 Å². The number of carbonyl (C=O) groups excluding carboxylic acids is 1. The van der Waals surface area contributed by atoms with Crippen LogP contribution >= 0.6 is 0 Å². The van der Waals surface area contributed by atoms with Gasteiger partial charge < -0.3 is 16.0 Å². The summed E-state index contributed by atoms with van der Waals surface area (Å²) in [4.78, 5) is 11.4. The monoisotopic (exact) mass is 275 g/mol. The van der Waals surface area contributed by atoms with Crippen LogP contribution in [0.15, 0.2) is 12.1 Å². The van der Waals surface area contributed by atoms with E-state index in [1.54, 1.807) is 13.1 Å². The molecule has 2 fully saturated rings. The second-order valence-electron chi connectivity index (χ2n) is 5.78. The molecule has 20 heavy (non-hydrogen) atoms. The molecule has 0 radical (unpaired) electrons. The number of rotatable bonds is 3. The SMILES string of the molecule is CNC(=O)c1ccc(NC2CCNC3(CCC3)C2)nn1. The molecule has 1 aromatic rings. The number of piperidine rings is 1. The van der Waals surface area contributed by atoms with Crippen molar-refractivity contribution in [2.75, 3.05) is 18.9 Å². The minimum atomic E-state index is -0.209. The van der Waals surface area contributed by atoms with Crippen LogP contribution in [0.3, 0.4) is 0 Å². The van der Waals surface area contributed by atoms with Crippen molar-refractivity contribution in [1.82, 2.24) is 20.8 Å². The smallest absolute Gasteiger partial charge is 0.271 e. The van der Waals surface area contributed by atoms with E-state index in [1.807, 2.05) is 6.07 Å². The zero-order valence-corrected chi connectivity index (χ0v) is 11.8. The molecule has 6 nitrogen and oxygen atoms in total. The van der Waals surface area contributed by atoms with Gasteiger partial charge in [0.05, 0.1) is 0 Å². The number of aromatic nitrogens is 2. The third kappa shape index (κ3) is 2.60. The number of amides is 1. The molecule has 1 saturated carbocycles. The second-order valence-corrected chi connectivity index (χ2v) is 5.78. The van der Waals surface area contributed by atoms with Gasteiger partial charge in [0.1, 0.15) is 5.82 Å². The first kappa shape index (κ1) is 13.3. The first-order chi connectivity index (χ1) is 9.71. The molecule has 1 unspecified atom stereocenters. The van der Waals surface area contributed by atoms with Gasteiger partial charge in [0.2, 0.25) is 0 Å². The maximum atomic E-state index is 11.4. The molecule has 0 bridgehead atoms. The fourth-order valence-electron chi connectivity index (χ4n) is 3.13. The van der Waals surface area contributed by atoms with Gasteiger partial charge in [-0.2, -0.15) is 0 Å². The van der Waals surface area contributed by atoms with E-state index in [4.69, 9.17) is 0 Å². The van der Waals surface area contributed by atoms with Crippen LogP contribution in [0, 0.1) is 0 Å². The summed E-state index contributed by atoms with van der Waals surface area (Å²) in [7, 11) is 1.59. The average molecular weight is 275 g/mol. The zero-order valence-electron chi connectivity index (χ0n) is 11.8. The second kappa shape index (κ2) is 5.36. The Morgan fingerprint density at radius 3 is 2.85 bits per heavy atom. The lowest BCUT2D eigenvalue weighted by Gasteiger charge is -2.48. The molecule has 0 aromatic carbocycles. The Balaban J connectivity index is 1.61. The molecule has 1 atom stereocenters. The highest BCUT2D eigenvalue weighted by atomic mass is 16.1. The van der Waals surface area contributed by atoms with Crippen LogP contribution in [0.5, 0.6) is 0 Å². The summed E-state index contributed by atoms with van der Waals surface area (Å²) in [6, 6.07) is 3.97. The summed E-state index contributed by atoms with van der Waals surface area (Å²) >= 11 is 0. The van der Waals surface area contributed by atoms with Crippen LogP contribution in [0.2, 0.25) is 0 Å². The molecular formula is C14H21N5O. The van der Waals surface area contributed by atoms with E-state index < -0.39 is 0 Å². The molecule has 3 N–H and O–H groups in total. The van der Waals surface area contributed by atoms with Crippen LogP contribution in [-0.4, -0.2) is 41.3 Å². The molecule has 1 aliphatic carbocycles. The van der Waals surface area contributed by atoms with Gasteiger partial charge >= 0.3 is 0 Å². The minimum Gasteiger partial charge on any atom is -0.366 e. The van der Waals surface area contributed by atoms with Crippen molar-refractivity contribution in [2.24, 2.45) is 0 Å². The van der Waals surface area contributed by atoms with E-state index in [1.165, 1.54) is 19.3 Å². The minimum absolute atomic E-state index is 0.209. The van der Waals surface area contributed by atoms with Gasteiger partial charge in [-0.05, 0) is 50.8 Å². The van der Waals surface area contributed by atoms with Gasteiger partial charge in [-0.3, -0.25) is 4.79 Å². The van der Waals surface area contributed by atoms with E-state index in [0.29, 0.717) is 17.3 Å². The summed E-state index contributed by atoms with van der Waals surface area (Å²) in [5, 5.41) is 17.7. The fourth-order valence-corrected chi connectivity index (χ4v) is 3.13.